The van der Waals surface area contributed by atoms with Crippen molar-refractivity contribution >= 4 is 0 Å². The molecule has 2 N–H and O–H groups in total. The van der Waals surface area contributed by atoms with Crippen molar-refractivity contribution in [2.24, 2.45) is 0 Å². The molecule has 3 heteroatoms. The smallest absolute Gasteiger partial charge is 0.128 e. The number of ether oxygens (including phenoxy) is 1. The molecule has 0 fully saturated rings. The maximum Gasteiger partial charge on any atom is 0.128 e. The van der Waals surface area contributed by atoms with Gasteiger partial charge in [-0.1, -0.05) is 18.2 Å². The molecule has 0 aliphatic carbocycles. The van der Waals surface area contributed by atoms with Gasteiger partial charge in [0.2, 0.25) is 0 Å². The number of rotatable bonds is 4. The van der Waals surface area contributed by atoms with Crippen molar-refractivity contribution in [1.82, 2.24) is 0 Å². The maximum absolute atomic E-state index is 10.0. The number of aryl methyl sites for hydroxylation is 1. The largest absolute Gasteiger partial charge is 0.493 e. The molecule has 1 aromatic rings. The molecule has 1 aromatic carbocycles. The van der Waals surface area contributed by atoms with E-state index in [1.54, 1.807) is 0 Å². The summed E-state index contributed by atoms with van der Waals surface area (Å²) < 4.78 is 5.63. The van der Waals surface area contributed by atoms with Crippen LogP contribution in [0.4, 0.5) is 0 Å². The van der Waals surface area contributed by atoms with Gasteiger partial charge in [-0.3, -0.25) is 0 Å². The van der Waals surface area contributed by atoms with E-state index in [9.17, 15) is 5.11 Å². The van der Waals surface area contributed by atoms with Crippen LogP contribution in [0, 0.1) is 0 Å². The molecule has 0 saturated heterocycles. The molecule has 1 unspecified atom stereocenters. The lowest BCUT2D eigenvalue weighted by atomic mass is 9.97. The fourth-order valence-corrected chi connectivity index (χ4v) is 2.12. The van der Waals surface area contributed by atoms with E-state index in [-0.39, 0.29) is 6.61 Å². The molecule has 1 aliphatic rings. The van der Waals surface area contributed by atoms with E-state index < -0.39 is 6.10 Å². The first-order valence-electron chi connectivity index (χ1n) is 5.86. The molecule has 0 radical (unpaired) electrons. The highest BCUT2D eigenvalue weighted by Crippen LogP contribution is 2.34. The van der Waals surface area contributed by atoms with Crippen molar-refractivity contribution in [3.05, 3.63) is 29.3 Å². The van der Waals surface area contributed by atoms with Crippen molar-refractivity contribution in [2.75, 3.05) is 13.2 Å². The summed E-state index contributed by atoms with van der Waals surface area (Å²) in [6.45, 7) is 0.851. The Kier molecular flexibility index (Phi) is 3.80. The van der Waals surface area contributed by atoms with Gasteiger partial charge in [0.1, 0.15) is 5.75 Å². The van der Waals surface area contributed by atoms with Gasteiger partial charge in [-0.25, -0.2) is 0 Å². The molecule has 16 heavy (non-hydrogen) atoms. The number of aliphatic hydroxyl groups excluding tert-OH is 2. The van der Waals surface area contributed by atoms with Gasteiger partial charge in [0.15, 0.2) is 0 Å². The van der Waals surface area contributed by atoms with Gasteiger partial charge < -0.3 is 14.9 Å². The minimum absolute atomic E-state index is 0.118. The molecule has 1 atom stereocenters. The van der Waals surface area contributed by atoms with Crippen LogP contribution in [0.15, 0.2) is 18.2 Å². The highest BCUT2D eigenvalue weighted by Gasteiger charge is 2.18. The summed E-state index contributed by atoms with van der Waals surface area (Å²) in [5.41, 5.74) is 2.05. The Labute approximate surface area is 95.7 Å². The van der Waals surface area contributed by atoms with Crippen LogP contribution < -0.4 is 4.74 Å². The number of hydrogen-bond donors (Lipinski definition) is 2. The Morgan fingerprint density at radius 2 is 2.25 bits per heavy atom. The van der Waals surface area contributed by atoms with Gasteiger partial charge in [0.25, 0.3) is 0 Å². The first kappa shape index (κ1) is 11.4. The first-order chi connectivity index (χ1) is 7.83. The van der Waals surface area contributed by atoms with E-state index in [0.29, 0.717) is 12.8 Å². The normalized spacial score (nSPS) is 16.4. The zero-order valence-electron chi connectivity index (χ0n) is 9.35. The average Bonchev–Trinajstić information content (AvgIpc) is 2.35. The van der Waals surface area contributed by atoms with Gasteiger partial charge in [0, 0.05) is 12.2 Å². The summed E-state index contributed by atoms with van der Waals surface area (Å²) in [6, 6.07) is 5.92. The molecule has 0 spiro atoms. The fourth-order valence-electron chi connectivity index (χ4n) is 2.12. The third-order valence-corrected chi connectivity index (χ3v) is 2.96. The van der Waals surface area contributed by atoms with Crippen molar-refractivity contribution in [3.63, 3.8) is 0 Å². The summed E-state index contributed by atoms with van der Waals surface area (Å²) >= 11 is 0. The second-order valence-electron chi connectivity index (χ2n) is 4.17. The van der Waals surface area contributed by atoms with E-state index in [4.69, 9.17) is 9.84 Å². The van der Waals surface area contributed by atoms with E-state index in [0.717, 1.165) is 30.8 Å². The summed E-state index contributed by atoms with van der Waals surface area (Å²) in [4.78, 5) is 0. The minimum atomic E-state index is -0.528. The van der Waals surface area contributed by atoms with Gasteiger partial charge in [0.05, 0.1) is 12.7 Å². The Hall–Kier alpha value is -1.06. The lowest BCUT2D eigenvalue weighted by molar-refractivity contribution is 0.145. The van der Waals surface area contributed by atoms with Gasteiger partial charge in [-0.2, -0.15) is 0 Å². The van der Waals surface area contributed by atoms with Gasteiger partial charge >= 0.3 is 0 Å². The number of benzene rings is 1. The summed E-state index contributed by atoms with van der Waals surface area (Å²) in [7, 11) is 0. The molecule has 0 aromatic heterocycles. The first-order valence-corrected chi connectivity index (χ1v) is 5.86. The molecule has 88 valence electrons. The summed E-state index contributed by atoms with van der Waals surface area (Å²) in [6.07, 6.45) is 2.74. The minimum Gasteiger partial charge on any atom is -0.493 e. The third-order valence-electron chi connectivity index (χ3n) is 2.96. The Morgan fingerprint density at radius 1 is 1.38 bits per heavy atom. The Balaban J connectivity index is 2.19. The van der Waals surface area contributed by atoms with Crippen LogP contribution in [0.25, 0.3) is 0 Å². The molecule has 3 nitrogen and oxygen atoms in total. The monoisotopic (exact) mass is 222 g/mol. The molecule has 0 bridgehead atoms. The SMILES string of the molecule is OCCCC(O)c1cccc2c1OCCC2. The number of para-hydroxylation sites is 1. The van der Waals surface area contributed by atoms with Crippen LogP contribution >= 0.6 is 0 Å². The van der Waals surface area contributed by atoms with Crippen LogP contribution in [0.3, 0.4) is 0 Å². The van der Waals surface area contributed by atoms with Crippen LogP contribution in [-0.4, -0.2) is 23.4 Å². The van der Waals surface area contributed by atoms with Crippen LogP contribution in [0.1, 0.15) is 36.5 Å². The molecule has 1 aliphatic heterocycles. The zero-order valence-corrected chi connectivity index (χ0v) is 9.35. The molecule has 1 heterocycles. The average molecular weight is 222 g/mol. The predicted octanol–water partition coefficient (Wildman–Crippen LogP) is 1.82. The quantitative estimate of drug-likeness (QED) is 0.817. The highest BCUT2D eigenvalue weighted by molar-refractivity contribution is 5.43. The lowest BCUT2D eigenvalue weighted by Crippen LogP contribution is -2.12. The van der Waals surface area contributed by atoms with Gasteiger partial charge in [-0.15, -0.1) is 0 Å². The highest BCUT2D eigenvalue weighted by atomic mass is 16.5. The van der Waals surface area contributed by atoms with Gasteiger partial charge in [-0.05, 0) is 31.2 Å². The molecular formula is C13H18O3. The summed E-state index contributed by atoms with van der Waals surface area (Å²) in [5, 5.41) is 18.8. The molecule has 0 amide bonds. The fraction of sp³-hybridized carbons (Fsp3) is 0.538. The van der Waals surface area contributed by atoms with Crippen molar-refractivity contribution in [1.29, 1.82) is 0 Å². The number of fused-ring (bicyclic) bond motifs is 1. The number of aliphatic hydroxyl groups is 2. The third kappa shape index (κ3) is 2.36. The Bertz CT molecular complexity index is 349. The van der Waals surface area contributed by atoms with Crippen LogP contribution in [-0.2, 0) is 6.42 Å². The molecule has 0 saturated carbocycles. The van der Waals surface area contributed by atoms with E-state index >= 15 is 0 Å². The number of hydrogen-bond acceptors (Lipinski definition) is 3. The van der Waals surface area contributed by atoms with Crippen molar-refractivity contribution < 1.29 is 14.9 Å². The van der Waals surface area contributed by atoms with Crippen LogP contribution in [0.5, 0.6) is 5.75 Å². The van der Waals surface area contributed by atoms with E-state index in [2.05, 4.69) is 6.07 Å². The second-order valence-corrected chi connectivity index (χ2v) is 4.17. The lowest BCUT2D eigenvalue weighted by Gasteiger charge is -2.22. The maximum atomic E-state index is 10.0. The second kappa shape index (κ2) is 5.32. The predicted molar refractivity (Wildman–Crippen MR) is 61.5 cm³/mol. The van der Waals surface area contributed by atoms with E-state index in [1.807, 2.05) is 12.1 Å². The van der Waals surface area contributed by atoms with Crippen molar-refractivity contribution in [3.8, 4) is 5.75 Å². The molecule has 2 rings (SSSR count). The topological polar surface area (TPSA) is 49.7 Å². The summed E-state index contributed by atoms with van der Waals surface area (Å²) in [5.74, 6) is 0.860. The van der Waals surface area contributed by atoms with E-state index in [1.165, 1.54) is 5.56 Å². The zero-order chi connectivity index (χ0) is 11.4. The Morgan fingerprint density at radius 3 is 3.06 bits per heavy atom. The molecular weight excluding hydrogens is 204 g/mol. The van der Waals surface area contributed by atoms with Crippen molar-refractivity contribution in [2.45, 2.75) is 31.8 Å². The standard InChI is InChI=1S/C13H18O3/c14-8-2-7-12(15)11-6-1-4-10-5-3-9-16-13(10)11/h1,4,6,12,14-15H,2-3,5,7-9H2. The van der Waals surface area contributed by atoms with Crippen LogP contribution in [0.2, 0.25) is 0 Å².